The first-order chi connectivity index (χ1) is 15.6. The normalized spacial score (nSPS) is 15.9. The second-order valence-electron chi connectivity index (χ2n) is 8.71. The molecule has 0 spiro atoms. The maximum atomic E-state index is 13.0. The van der Waals surface area contributed by atoms with Gasteiger partial charge in [0.15, 0.2) is 5.11 Å². The average Bonchev–Trinajstić information content (AvgIpc) is 2.74. The summed E-state index contributed by atoms with van der Waals surface area (Å²) in [4.78, 5) is 39.3. The molecular formula is C23H32BrN3O5S. The van der Waals surface area contributed by atoms with Gasteiger partial charge < -0.3 is 19.7 Å². The molecule has 1 aromatic rings. The Labute approximate surface area is 208 Å². The standard InChI is InChI=1S/C23H32BrN3O5S/c1-14(2)7-10-31-19-6-5-16(24)11-17(19)21(29)26-23(33)27-9-8-25-22(30)18(27)12-20(28)32-13-15(3)4/h5-6,11,14-15,18H,7-10,12-13H2,1-4H3,(H,25,30)(H,26,29,33). The van der Waals surface area contributed by atoms with Crippen LogP contribution < -0.4 is 15.4 Å². The highest BCUT2D eigenvalue weighted by atomic mass is 79.9. The topological polar surface area (TPSA) is 97.0 Å². The molecule has 2 rings (SSSR count). The number of esters is 1. The van der Waals surface area contributed by atoms with Gasteiger partial charge in [-0.3, -0.25) is 19.7 Å². The number of piperazine rings is 1. The Morgan fingerprint density at radius 1 is 1.27 bits per heavy atom. The highest BCUT2D eigenvalue weighted by Crippen LogP contribution is 2.24. The Morgan fingerprint density at radius 2 is 2.00 bits per heavy atom. The van der Waals surface area contributed by atoms with Crippen molar-refractivity contribution >= 4 is 51.0 Å². The molecule has 0 radical (unpaired) electrons. The first kappa shape index (κ1) is 27.0. The highest BCUT2D eigenvalue weighted by Gasteiger charge is 2.34. The lowest BCUT2D eigenvalue weighted by molar-refractivity contribution is -0.148. The van der Waals surface area contributed by atoms with Gasteiger partial charge in [-0.25, -0.2) is 0 Å². The summed E-state index contributed by atoms with van der Waals surface area (Å²) in [6.45, 7) is 9.53. The number of nitrogens with zero attached hydrogens (tertiary/aromatic N) is 1. The van der Waals surface area contributed by atoms with E-state index in [1.54, 1.807) is 23.1 Å². The van der Waals surface area contributed by atoms with Crippen LogP contribution in [0.1, 0.15) is 50.9 Å². The summed E-state index contributed by atoms with van der Waals surface area (Å²) < 4.78 is 11.8. The third kappa shape index (κ3) is 8.58. The summed E-state index contributed by atoms with van der Waals surface area (Å²) in [6, 6.07) is 4.33. The molecule has 1 fully saturated rings. The van der Waals surface area contributed by atoms with E-state index in [1.165, 1.54) is 0 Å². The number of hydrogen-bond acceptors (Lipinski definition) is 6. The first-order valence-corrected chi connectivity index (χ1v) is 12.3. The predicted molar refractivity (Wildman–Crippen MR) is 133 cm³/mol. The van der Waals surface area contributed by atoms with Crippen molar-refractivity contribution in [2.24, 2.45) is 11.8 Å². The van der Waals surface area contributed by atoms with Crippen molar-refractivity contribution in [2.45, 2.75) is 46.6 Å². The lowest BCUT2D eigenvalue weighted by atomic mass is 10.1. The number of amides is 2. The number of nitrogens with one attached hydrogen (secondary N) is 2. The van der Waals surface area contributed by atoms with E-state index in [0.717, 1.165) is 10.9 Å². The van der Waals surface area contributed by atoms with Gasteiger partial charge >= 0.3 is 5.97 Å². The Morgan fingerprint density at radius 3 is 2.67 bits per heavy atom. The lowest BCUT2D eigenvalue weighted by Crippen LogP contribution is -2.60. The van der Waals surface area contributed by atoms with E-state index in [9.17, 15) is 14.4 Å². The number of hydrogen-bond donors (Lipinski definition) is 2. The van der Waals surface area contributed by atoms with E-state index in [0.29, 0.717) is 36.9 Å². The fourth-order valence-corrected chi connectivity index (χ4v) is 3.76. The van der Waals surface area contributed by atoms with Crippen LogP contribution in [0.3, 0.4) is 0 Å². The van der Waals surface area contributed by atoms with Crippen LogP contribution in [0.5, 0.6) is 5.75 Å². The minimum absolute atomic E-state index is 0.0737. The molecular weight excluding hydrogens is 510 g/mol. The minimum atomic E-state index is -0.851. The van der Waals surface area contributed by atoms with Gasteiger partial charge in [0.1, 0.15) is 11.8 Å². The Balaban J connectivity index is 2.10. The molecule has 0 aliphatic carbocycles. The highest BCUT2D eigenvalue weighted by molar-refractivity contribution is 9.10. The quantitative estimate of drug-likeness (QED) is 0.365. The van der Waals surface area contributed by atoms with Gasteiger partial charge in [-0.1, -0.05) is 43.6 Å². The van der Waals surface area contributed by atoms with Crippen molar-refractivity contribution in [1.82, 2.24) is 15.5 Å². The Kier molecular flexibility index (Phi) is 10.6. The SMILES string of the molecule is CC(C)CCOc1ccc(Br)cc1C(=O)NC(=S)N1CCNC(=O)C1CC(=O)OCC(C)C. The zero-order valence-corrected chi connectivity index (χ0v) is 21.9. The van der Waals surface area contributed by atoms with Crippen LogP contribution in [-0.2, 0) is 14.3 Å². The molecule has 10 heteroatoms. The van der Waals surface area contributed by atoms with Crippen LogP contribution in [0.4, 0.5) is 0 Å². The van der Waals surface area contributed by atoms with Crippen LogP contribution in [0.25, 0.3) is 0 Å². The zero-order chi connectivity index (χ0) is 24.5. The van der Waals surface area contributed by atoms with Crippen molar-refractivity contribution in [3.8, 4) is 5.75 Å². The smallest absolute Gasteiger partial charge is 0.308 e. The molecule has 0 bridgehead atoms. The van der Waals surface area contributed by atoms with Crippen molar-refractivity contribution in [2.75, 3.05) is 26.3 Å². The van der Waals surface area contributed by atoms with E-state index in [-0.39, 0.29) is 30.0 Å². The summed E-state index contributed by atoms with van der Waals surface area (Å²) in [5.74, 6) is -0.165. The van der Waals surface area contributed by atoms with Crippen LogP contribution in [0, 0.1) is 11.8 Å². The van der Waals surface area contributed by atoms with Crippen molar-refractivity contribution in [1.29, 1.82) is 0 Å². The van der Waals surface area contributed by atoms with Crippen LogP contribution in [-0.4, -0.2) is 60.1 Å². The Hall–Kier alpha value is -2.20. The third-order valence-electron chi connectivity index (χ3n) is 4.89. The van der Waals surface area contributed by atoms with E-state index >= 15 is 0 Å². The summed E-state index contributed by atoms with van der Waals surface area (Å²) in [5.41, 5.74) is 0.324. The molecule has 0 aromatic heterocycles. The Bertz CT molecular complexity index is 878. The first-order valence-electron chi connectivity index (χ1n) is 11.1. The number of thiocarbonyl (C=S) groups is 1. The number of carbonyl (C=O) groups excluding carboxylic acids is 3. The van der Waals surface area contributed by atoms with Gasteiger partial charge in [-0.15, -0.1) is 0 Å². The summed E-state index contributed by atoms with van der Waals surface area (Å²) >= 11 is 8.83. The number of rotatable bonds is 9. The maximum absolute atomic E-state index is 13.0. The number of halogens is 1. The molecule has 1 aromatic carbocycles. The van der Waals surface area contributed by atoms with Gasteiger partial charge in [0, 0.05) is 17.6 Å². The number of carbonyl (C=O) groups is 3. The molecule has 1 unspecified atom stereocenters. The fraction of sp³-hybridized carbons (Fsp3) is 0.565. The van der Waals surface area contributed by atoms with Gasteiger partial charge in [0.25, 0.3) is 5.91 Å². The second-order valence-corrected chi connectivity index (χ2v) is 10.0. The molecule has 1 aliphatic heterocycles. The van der Waals surface area contributed by atoms with E-state index in [4.69, 9.17) is 21.7 Å². The molecule has 2 amide bonds. The number of ether oxygens (including phenoxy) is 2. The molecule has 0 saturated carbocycles. The van der Waals surface area contributed by atoms with Crippen LogP contribution >= 0.6 is 28.1 Å². The van der Waals surface area contributed by atoms with E-state index in [1.807, 2.05) is 13.8 Å². The summed E-state index contributed by atoms with van der Waals surface area (Å²) in [5, 5.41) is 5.50. The van der Waals surface area contributed by atoms with Crippen LogP contribution in [0.2, 0.25) is 0 Å². The zero-order valence-electron chi connectivity index (χ0n) is 19.5. The second kappa shape index (κ2) is 12.9. The summed E-state index contributed by atoms with van der Waals surface area (Å²) in [6.07, 6.45) is 0.696. The molecule has 1 aliphatic rings. The van der Waals surface area contributed by atoms with E-state index in [2.05, 4.69) is 40.4 Å². The largest absolute Gasteiger partial charge is 0.493 e. The van der Waals surface area contributed by atoms with Crippen molar-refractivity contribution in [3.05, 3.63) is 28.2 Å². The van der Waals surface area contributed by atoms with E-state index < -0.39 is 17.9 Å². The molecule has 2 N–H and O–H groups in total. The van der Waals surface area contributed by atoms with Crippen molar-refractivity contribution < 1.29 is 23.9 Å². The van der Waals surface area contributed by atoms with Crippen molar-refractivity contribution in [3.63, 3.8) is 0 Å². The minimum Gasteiger partial charge on any atom is -0.493 e. The van der Waals surface area contributed by atoms with Crippen LogP contribution in [0.15, 0.2) is 22.7 Å². The average molecular weight is 542 g/mol. The molecule has 8 nitrogen and oxygen atoms in total. The molecule has 1 heterocycles. The summed E-state index contributed by atoms with van der Waals surface area (Å²) in [7, 11) is 0. The number of benzene rings is 1. The predicted octanol–water partition coefficient (Wildman–Crippen LogP) is 3.28. The maximum Gasteiger partial charge on any atom is 0.308 e. The monoisotopic (exact) mass is 541 g/mol. The van der Waals surface area contributed by atoms with Gasteiger partial charge in [-0.05, 0) is 48.7 Å². The third-order valence-corrected chi connectivity index (χ3v) is 5.72. The molecule has 33 heavy (non-hydrogen) atoms. The molecule has 1 atom stereocenters. The van der Waals surface area contributed by atoms with Gasteiger partial charge in [0.05, 0.1) is 25.2 Å². The van der Waals surface area contributed by atoms with Gasteiger partial charge in [0.2, 0.25) is 5.91 Å². The lowest BCUT2D eigenvalue weighted by Gasteiger charge is -2.36. The van der Waals surface area contributed by atoms with Gasteiger partial charge in [-0.2, -0.15) is 0 Å². The molecule has 182 valence electrons. The molecule has 1 saturated heterocycles. The fourth-order valence-electron chi connectivity index (χ4n) is 3.08.